The molecule has 0 radical (unpaired) electrons. The van der Waals surface area contributed by atoms with Gasteiger partial charge in [-0.2, -0.15) is 16.3 Å². The van der Waals surface area contributed by atoms with E-state index in [1.54, 1.807) is 11.3 Å². The first-order valence-electron chi connectivity index (χ1n) is 6.13. The second kappa shape index (κ2) is 5.28. The zero-order valence-corrected chi connectivity index (χ0v) is 11.6. The highest BCUT2D eigenvalue weighted by Crippen LogP contribution is 2.31. The zero-order chi connectivity index (χ0) is 12.4. The summed E-state index contributed by atoms with van der Waals surface area (Å²) in [7, 11) is 0. The molecule has 0 saturated carbocycles. The van der Waals surface area contributed by atoms with Gasteiger partial charge in [0.05, 0.1) is 4.91 Å². The average molecular weight is 278 g/mol. The van der Waals surface area contributed by atoms with Crippen molar-refractivity contribution in [3.05, 3.63) is 27.3 Å². The summed E-state index contributed by atoms with van der Waals surface area (Å²) in [5, 5.41) is 4.95. The van der Waals surface area contributed by atoms with E-state index in [0.717, 1.165) is 28.7 Å². The Hall–Kier alpha value is -1.07. The highest BCUT2D eigenvalue weighted by molar-refractivity contribution is 8.18. The molecule has 18 heavy (non-hydrogen) atoms. The molecule has 2 aliphatic heterocycles. The first-order chi connectivity index (χ1) is 8.83. The van der Waals surface area contributed by atoms with Gasteiger partial charge in [-0.05, 0) is 59.5 Å². The van der Waals surface area contributed by atoms with Crippen LogP contribution in [0, 0.1) is 0 Å². The Kier molecular flexibility index (Phi) is 3.52. The molecule has 0 aliphatic carbocycles. The van der Waals surface area contributed by atoms with Crippen LogP contribution in [0.2, 0.25) is 0 Å². The summed E-state index contributed by atoms with van der Waals surface area (Å²) >= 11 is 3.16. The van der Waals surface area contributed by atoms with E-state index in [1.807, 2.05) is 22.9 Å². The molecule has 0 aromatic carbocycles. The molecule has 3 rings (SSSR count). The molecular weight excluding hydrogens is 264 g/mol. The number of carbonyl (C=O) groups excluding carboxylic acids is 1. The third-order valence-corrected chi connectivity index (χ3v) is 4.82. The molecule has 0 unspecified atom stereocenters. The van der Waals surface area contributed by atoms with Crippen LogP contribution in [0.1, 0.15) is 24.8 Å². The van der Waals surface area contributed by atoms with Crippen molar-refractivity contribution < 1.29 is 4.79 Å². The Morgan fingerprint density at radius 3 is 2.83 bits per heavy atom. The highest BCUT2D eigenvalue weighted by Gasteiger charge is 2.26. The SMILES string of the molecule is O=C1N=C(N2CCCCC2)S/C1=C/c1ccsc1. The lowest BCUT2D eigenvalue weighted by Crippen LogP contribution is -2.33. The van der Waals surface area contributed by atoms with E-state index in [-0.39, 0.29) is 5.91 Å². The number of nitrogens with zero attached hydrogens (tertiary/aromatic N) is 2. The van der Waals surface area contributed by atoms with Gasteiger partial charge >= 0.3 is 0 Å². The van der Waals surface area contributed by atoms with Crippen LogP contribution in [0.15, 0.2) is 26.7 Å². The minimum absolute atomic E-state index is 0.0910. The number of hydrogen-bond acceptors (Lipinski definition) is 4. The molecular formula is C13H14N2OS2. The lowest BCUT2D eigenvalue weighted by molar-refractivity contribution is -0.113. The van der Waals surface area contributed by atoms with Crippen LogP contribution < -0.4 is 0 Å². The number of carbonyl (C=O) groups is 1. The first-order valence-corrected chi connectivity index (χ1v) is 7.88. The predicted octanol–water partition coefficient (Wildman–Crippen LogP) is 3.20. The number of thiophene rings is 1. The molecule has 1 aromatic rings. The van der Waals surface area contributed by atoms with Gasteiger partial charge in [-0.15, -0.1) is 0 Å². The van der Waals surface area contributed by atoms with Crippen molar-refractivity contribution in [2.75, 3.05) is 13.1 Å². The van der Waals surface area contributed by atoms with Crippen LogP contribution in [0.5, 0.6) is 0 Å². The van der Waals surface area contributed by atoms with E-state index < -0.39 is 0 Å². The Balaban J connectivity index is 1.74. The fraction of sp³-hybridized carbons (Fsp3) is 0.385. The van der Waals surface area contributed by atoms with Gasteiger partial charge < -0.3 is 4.90 Å². The van der Waals surface area contributed by atoms with Gasteiger partial charge in [-0.25, -0.2) is 0 Å². The molecule has 0 spiro atoms. The van der Waals surface area contributed by atoms with Crippen molar-refractivity contribution in [3.8, 4) is 0 Å². The molecule has 0 atom stereocenters. The van der Waals surface area contributed by atoms with E-state index in [0.29, 0.717) is 0 Å². The zero-order valence-electron chi connectivity index (χ0n) is 9.96. The van der Waals surface area contributed by atoms with Crippen molar-refractivity contribution in [3.63, 3.8) is 0 Å². The van der Waals surface area contributed by atoms with Crippen molar-refractivity contribution in [1.29, 1.82) is 0 Å². The van der Waals surface area contributed by atoms with E-state index >= 15 is 0 Å². The second-order valence-electron chi connectivity index (χ2n) is 4.41. The number of rotatable bonds is 1. The summed E-state index contributed by atoms with van der Waals surface area (Å²) in [6.07, 6.45) is 5.64. The minimum atomic E-state index is -0.0910. The largest absolute Gasteiger partial charge is 0.351 e. The number of piperidine rings is 1. The molecule has 5 heteroatoms. The lowest BCUT2D eigenvalue weighted by Gasteiger charge is -2.27. The number of likely N-dealkylation sites (tertiary alicyclic amines) is 1. The summed E-state index contributed by atoms with van der Waals surface area (Å²) in [6.45, 7) is 2.07. The lowest BCUT2D eigenvalue weighted by atomic mass is 10.1. The molecule has 3 nitrogen and oxygen atoms in total. The molecule has 1 fully saturated rings. The van der Waals surface area contributed by atoms with Gasteiger partial charge in [0.2, 0.25) is 0 Å². The molecule has 1 amide bonds. The van der Waals surface area contributed by atoms with Crippen molar-refractivity contribution >= 4 is 40.2 Å². The minimum Gasteiger partial charge on any atom is -0.351 e. The van der Waals surface area contributed by atoms with Crippen LogP contribution in [-0.2, 0) is 4.79 Å². The van der Waals surface area contributed by atoms with Gasteiger partial charge in [0.15, 0.2) is 5.17 Å². The maximum atomic E-state index is 11.9. The van der Waals surface area contributed by atoms with Crippen molar-refractivity contribution in [1.82, 2.24) is 4.90 Å². The van der Waals surface area contributed by atoms with Crippen LogP contribution >= 0.6 is 23.1 Å². The van der Waals surface area contributed by atoms with Gasteiger partial charge in [-0.3, -0.25) is 4.79 Å². The number of amidine groups is 1. The number of hydrogen-bond donors (Lipinski definition) is 0. The molecule has 3 heterocycles. The van der Waals surface area contributed by atoms with Crippen molar-refractivity contribution in [2.45, 2.75) is 19.3 Å². The van der Waals surface area contributed by atoms with Gasteiger partial charge in [0.25, 0.3) is 5.91 Å². The van der Waals surface area contributed by atoms with Gasteiger partial charge in [0.1, 0.15) is 0 Å². The smallest absolute Gasteiger partial charge is 0.286 e. The predicted molar refractivity (Wildman–Crippen MR) is 77.8 cm³/mol. The molecule has 1 saturated heterocycles. The summed E-state index contributed by atoms with van der Waals surface area (Å²) in [6, 6.07) is 2.02. The molecule has 1 aromatic heterocycles. The summed E-state index contributed by atoms with van der Waals surface area (Å²) in [5.74, 6) is -0.0910. The maximum absolute atomic E-state index is 11.9. The quantitative estimate of drug-likeness (QED) is 0.740. The first kappa shape index (κ1) is 12.0. The Labute approximate surface area is 115 Å². The average Bonchev–Trinajstić information content (AvgIpc) is 3.02. The fourth-order valence-electron chi connectivity index (χ4n) is 2.13. The Bertz CT molecular complexity index is 499. The van der Waals surface area contributed by atoms with E-state index in [2.05, 4.69) is 9.89 Å². The maximum Gasteiger partial charge on any atom is 0.286 e. The van der Waals surface area contributed by atoms with Crippen molar-refractivity contribution in [2.24, 2.45) is 4.99 Å². The van der Waals surface area contributed by atoms with Crippen LogP contribution in [0.4, 0.5) is 0 Å². The normalized spacial score (nSPS) is 22.7. The highest BCUT2D eigenvalue weighted by atomic mass is 32.2. The third kappa shape index (κ3) is 2.52. The van der Waals surface area contributed by atoms with E-state index in [1.165, 1.54) is 31.0 Å². The molecule has 2 aliphatic rings. The van der Waals surface area contributed by atoms with E-state index in [4.69, 9.17) is 0 Å². The number of aliphatic imine (C=N–C) groups is 1. The Morgan fingerprint density at radius 1 is 1.28 bits per heavy atom. The summed E-state index contributed by atoms with van der Waals surface area (Å²) in [5.41, 5.74) is 1.09. The molecule has 94 valence electrons. The van der Waals surface area contributed by atoms with Crippen LogP contribution in [-0.4, -0.2) is 29.1 Å². The Morgan fingerprint density at radius 2 is 2.11 bits per heavy atom. The topological polar surface area (TPSA) is 32.7 Å². The molecule has 0 N–H and O–H groups in total. The fourth-order valence-corrected chi connectivity index (χ4v) is 3.71. The number of amides is 1. The van der Waals surface area contributed by atoms with Crippen LogP contribution in [0.25, 0.3) is 6.08 Å². The standard InChI is InChI=1S/C13H14N2OS2/c16-12-11(8-10-4-7-17-9-10)18-13(14-12)15-5-2-1-3-6-15/h4,7-9H,1-3,5-6H2/b11-8+. The third-order valence-electron chi connectivity index (χ3n) is 3.08. The molecule has 0 bridgehead atoms. The van der Waals surface area contributed by atoms with Gasteiger partial charge in [0, 0.05) is 13.1 Å². The van der Waals surface area contributed by atoms with Crippen LogP contribution in [0.3, 0.4) is 0 Å². The summed E-state index contributed by atoms with van der Waals surface area (Å²) in [4.78, 5) is 19.0. The van der Waals surface area contributed by atoms with Gasteiger partial charge in [-0.1, -0.05) is 0 Å². The monoisotopic (exact) mass is 278 g/mol. The number of thioether (sulfide) groups is 1. The van der Waals surface area contributed by atoms with E-state index in [9.17, 15) is 4.79 Å². The summed E-state index contributed by atoms with van der Waals surface area (Å²) < 4.78 is 0. The second-order valence-corrected chi connectivity index (χ2v) is 6.20.